The molecular weight excluding hydrogens is 407 g/mol. The molecule has 1 atom stereocenters. The molecule has 27 heavy (non-hydrogen) atoms. The van der Waals surface area contributed by atoms with E-state index in [1.165, 1.54) is 12.1 Å². The highest BCUT2D eigenvalue weighted by molar-refractivity contribution is 5.85. The quantitative estimate of drug-likeness (QED) is 0.421. The van der Waals surface area contributed by atoms with Crippen LogP contribution in [0.2, 0.25) is 0 Å². The number of nitrogens with one attached hydrogen (secondary N) is 1. The molecule has 1 aromatic rings. The first-order chi connectivity index (χ1) is 12.0. The van der Waals surface area contributed by atoms with Gasteiger partial charge in [0.1, 0.15) is 5.75 Å². The van der Waals surface area contributed by atoms with E-state index in [0.717, 1.165) is 51.9 Å². The molecular formula is C18H28Cl2F4N2O. The largest absolute Gasteiger partial charge is 0.461 e. The lowest BCUT2D eigenvalue weighted by molar-refractivity contribution is -0.253. The number of nitrogens with zero attached hydrogens (tertiary/aromatic N) is 1. The Morgan fingerprint density at radius 2 is 1.74 bits per heavy atom. The van der Waals surface area contributed by atoms with Crippen LogP contribution in [0.4, 0.5) is 17.6 Å². The van der Waals surface area contributed by atoms with Crippen molar-refractivity contribution in [1.29, 1.82) is 0 Å². The van der Waals surface area contributed by atoms with Crippen LogP contribution in [0.3, 0.4) is 0 Å². The topological polar surface area (TPSA) is 24.5 Å². The molecule has 0 bridgehead atoms. The number of hydrogen-bond acceptors (Lipinski definition) is 3. The Labute approximate surface area is 170 Å². The summed E-state index contributed by atoms with van der Waals surface area (Å²) in [7, 11) is 0. The minimum absolute atomic E-state index is 0. The molecule has 0 unspecified atom stereocenters. The van der Waals surface area contributed by atoms with E-state index in [-0.39, 0.29) is 36.6 Å². The summed E-state index contributed by atoms with van der Waals surface area (Å²) in [5.74, 6) is -0.159. The zero-order valence-electron chi connectivity index (χ0n) is 15.3. The molecule has 3 nitrogen and oxygen atoms in total. The Hall–Kier alpha value is -0.760. The minimum Gasteiger partial charge on any atom is -0.428 e. The van der Waals surface area contributed by atoms with Crippen LogP contribution in [-0.2, 0) is 0 Å². The molecule has 1 aromatic carbocycles. The van der Waals surface area contributed by atoms with E-state index in [0.29, 0.717) is 5.56 Å². The van der Waals surface area contributed by atoms with Crippen LogP contribution in [0.25, 0.3) is 0 Å². The van der Waals surface area contributed by atoms with Crippen LogP contribution >= 0.6 is 24.8 Å². The summed E-state index contributed by atoms with van der Waals surface area (Å²) in [6.45, 7) is 5.31. The van der Waals surface area contributed by atoms with Crippen molar-refractivity contribution in [1.82, 2.24) is 10.2 Å². The number of rotatable bonds is 9. The van der Waals surface area contributed by atoms with Crippen LogP contribution in [0.5, 0.6) is 5.75 Å². The number of halogens is 6. The van der Waals surface area contributed by atoms with Gasteiger partial charge in [0.05, 0.1) is 0 Å². The molecule has 2 rings (SSSR count). The van der Waals surface area contributed by atoms with Gasteiger partial charge in [0.25, 0.3) is 0 Å². The maximum atomic E-state index is 13.4. The molecule has 0 radical (unpaired) electrons. The number of benzene rings is 1. The molecule has 1 N–H and O–H groups in total. The van der Waals surface area contributed by atoms with Crippen molar-refractivity contribution in [3.63, 3.8) is 0 Å². The van der Waals surface area contributed by atoms with Gasteiger partial charge in [0.15, 0.2) is 0 Å². The standard InChI is InChI=1S/C18H26F4N2O.2ClH/c1-2-3-4-8-15(24-12-10-23-11-13-24)14-7-5-6-9-16(14)25-18(21,22)17(19)20;;/h5-7,9,15,17,23H,2-4,8,10-13H2,1H3;2*1H/t15-;;/m1../s1. The average Bonchev–Trinajstić information content (AvgIpc) is 2.60. The van der Waals surface area contributed by atoms with Crippen molar-refractivity contribution in [2.45, 2.75) is 51.2 Å². The zero-order chi connectivity index (χ0) is 18.3. The summed E-state index contributed by atoms with van der Waals surface area (Å²) >= 11 is 0. The molecule has 0 aliphatic carbocycles. The third-order valence-corrected chi connectivity index (χ3v) is 4.45. The van der Waals surface area contributed by atoms with E-state index < -0.39 is 12.5 Å². The van der Waals surface area contributed by atoms with Gasteiger partial charge in [0, 0.05) is 37.8 Å². The number of ether oxygens (including phenoxy) is 1. The Morgan fingerprint density at radius 3 is 2.33 bits per heavy atom. The van der Waals surface area contributed by atoms with E-state index in [2.05, 4.69) is 21.9 Å². The van der Waals surface area contributed by atoms with Gasteiger partial charge < -0.3 is 10.1 Å². The Balaban J connectivity index is 0.00000338. The normalized spacial score (nSPS) is 16.4. The summed E-state index contributed by atoms with van der Waals surface area (Å²) in [6, 6.07) is 6.20. The molecule has 1 aliphatic heterocycles. The maximum absolute atomic E-state index is 13.4. The average molecular weight is 435 g/mol. The summed E-state index contributed by atoms with van der Waals surface area (Å²) in [5, 5.41) is 3.26. The SMILES string of the molecule is CCCCC[C@H](c1ccccc1OC(F)(F)C(F)F)N1CCNCC1.Cl.Cl. The molecule has 1 heterocycles. The van der Waals surface area contributed by atoms with E-state index in [1.807, 2.05) is 0 Å². The molecule has 1 aliphatic rings. The van der Waals surface area contributed by atoms with Gasteiger partial charge in [-0.25, -0.2) is 0 Å². The second kappa shape index (κ2) is 12.6. The summed E-state index contributed by atoms with van der Waals surface area (Å²) in [4.78, 5) is 2.22. The second-order valence-electron chi connectivity index (χ2n) is 6.30. The van der Waals surface area contributed by atoms with E-state index in [9.17, 15) is 17.6 Å². The molecule has 1 fully saturated rings. The third-order valence-electron chi connectivity index (χ3n) is 4.45. The van der Waals surface area contributed by atoms with Gasteiger partial charge >= 0.3 is 12.5 Å². The number of para-hydroxylation sites is 1. The predicted molar refractivity (Wildman–Crippen MR) is 104 cm³/mol. The minimum atomic E-state index is -4.49. The van der Waals surface area contributed by atoms with Gasteiger partial charge in [-0.3, -0.25) is 4.90 Å². The van der Waals surface area contributed by atoms with Crippen LogP contribution < -0.4 is 10.1 Å². The molecule has 158 valence electrons. The van der Waals surface area contributed by atoms with Gasteiger partial charge in [-0.2, -0.15) is 17.6 Å². The fraction of sp³-hybridized carbons (Fsp3) is 0.667. The summed E-state index contributed by atoms with van der Waals surface area (Å²) in [6.07, 6.45) is -4.53. The Kier molecular flexibility index (Phi) is 12.3. The molecule has 0 spiro atoms. The second-order valence-corrected chi connectivity index (χ2v) is 6.30. The lowest BCUT2D eigenvalue weighted by Crippen LogP contribution is -2.45. The lowest BCUT2D eigenvalue weighted by Gasteiger charge is -2.36. The fourth-order valence-electron chi connectivity index (χ4n) is 3.16. The molecule has 0 aromatic heterocycles. The number of unbranched alkanes of at least 4 members (excludes halogenated alkanes) is 2. The van der Waals surface area contributed by atoms with E-state index in [1.54, 1.807) is 12.1 Å². The van der Waals surface area contributed by atoms with Crippen molar-refractivity contribution in [2.75, 3.05) is 26.2 Å². The van der Waals surface area contributed by atoms with Crippen LogP contribution in [0.15, 0.2) is 24.3 Å². The molecule has 0 saturated carbocycles. The molecule has 1 saturated heterocycles. The van der Waals surface area contributed by atoms with Gasteiger partial charge in [0.2, 0.25) is 0 Å². The van der Waals surface area contributed by atoms with E-state index in [4.69, 9.17) is 0 Å². The van der Waals surface area contributed by atoms with Crippen molar-refractivity contribution in [3.05, 3.63) is 29.8 Å². The van der Waals surface area contributed by atoms with Crippen molar-refractivity contribution in [3.8, 4) is 5.75 Å². The highest BCUT2D eigenvalue weighted by Crippen LogP contribution is 2.37. The van der Waals surface area contributed by atoms with E-state index >= 15 is 0 Å². The molecule has 9 heteroatoms. The highest BCUT2D eigenvalue weighted by Gasteiger charge is 2.44. The van der Waals surface area contributed by atoms with Gasteiger partial charge in [-0.1, -0.05) is 44.4 Å². The Bertz CT molecular complexity index is 532. The Morgan fingerprint density at radius 1 is 1.11 bits per heavy atom. The van der Waals surface area contributed by atoms with Crippen LogP contribution in [0, 0.1) is 0 Å². The zero-order valence-corrected chi connectivity index (χ0v) is 16.9. The van der Waals surface area contributed by atoms with Crippen molar-refractivity contribution >= 4 is 24.8 Å². The fourth-order valence-corrected chi connectivity index (χ4v) is 3.16. The van der Waals surface area contributed by atoms with Gasteiger partial charge in [-0.05, 0) is 12.5 Å². The molecule has 0 amide bonds. The van der Waals surface area contributed by atoms with Crippen LogP contribution in [-0.4, -0.2) is 43.6 Å². The van der Waals surface area contributed by atoms with Gasteiger partial charge in [-0.15, -0.1) is 24.8 Å². The lowest BCUT2D eigenvalue weighted by atomic mass is 9.97. The smallest absolute Gasteiger partial charge is 0.428 e. The third kappa shape index (κ3) is 7.64. The van der Waals surface area contributed by atoms with Crippen molar-refractivity contribution < 1.29 is 22.3 Å². The maximum Gasteiger partial charge on any atom is 0.461 e. The number of piperazine rings is 1. The first-order valence-corrected chi connectivity index (χ1v) is 8.84. The highest BCUT2D eigenvalue weighted by atomic mass is 35.5. The monoisotopic (exact) mass is 434 g/mol. The van der Waals surface area contributed by atoms with Crippen LogP contribution in [0.1, 0.15) is 44.2 Å². The first kappa shape index (κ1) is 26.2. The first-order valence-electron chi connectivity index (χ1n) is 8.84. The number of alkyl halides is 4. The predicted octanol–water partition coefficient (Wildman–Crippen LogP) is 5.29. The van der Waals surface area contributed by atoms with Crippen molar-refractivity contribution in [2.24, 2.45) is 0 Å². The summed E-state index contributed by atoms with van der Waals surface area (Å²) < 4.78 is 56.4. The summed E-state index contributed by atoms with van der Waals surface area (Å²) in [5.41, 5.74) is 0.556. The number of hydrogen-bond donors (Lipinski definition) is 1.